The molecule has 1 fully saturated rings. The molecule has 1 aliphatic rings. The van der Waals surface area contributed by atoms with Crippen LogP contribution in [-0.2, 0) is 4.79 Å². The number of rotatable bonds is 1. The summed E-state index contributed by atoms with van der Waals surface area (Å²) in [6, 6.07) is -0.586. The van der Waals surface area contributed by atoms with Crippen molar-refractivity contribution in [1.29, 1.82) is 0 Å². The number of hydrogen-bond acceptors (Lipinski definition) is 2. The SMILES string of the molecule is CC1(C(N)=O)CCN1C(N)=O. The number of amides is 3. The first-order valence-electron chi connectivity index (χ1n) is 3.35. The second-order valence-electron chi connectivity index (χ2n) is 2.88. The molecule has 0 aromatic carbocycles. The van der Waals surface area contributed by atoms with E-state index in [0.29, 0.717) is 13.0 Å². The minimum Gasteiger partial charge on any atom is -0.368 e. The van der Waals surface area contributed by atoms with E-state index in [1.165, 1.54) is 4.90 Å². The van der Waals surface area contributed by atoms with Crippen LogP contribution in [0.4, 0.5) is 4.79 Å². The summed E-state index contributed by atoms with van der Waals surface area (Å²) in [5, 5.41) is 0. The Morgan fingerprint density at radius 2 is 2.00 bits per heavy atom. The van der Waals surface area contributed by atoms with Crippen LogP contribution in [0, 0.1) is 0 Å². The van der Waals surface area contributed by atoms with E-state index in [4.69, 9.17) is 11.5 Å². The number of carbonyl (C=O) groups excluding carboxylic acids is 2. The van der Waals surface area contributed by atoms with Gasteiger partial charge in [0.05, 0.1) is 0 Å². The van der Waals surface area contributed by atoms with Gasteiger partial charge in [0.25, 0.3) is 0 Å². The number of urea groups is 1. The molecular weight excluding hydrogens is 146 g/mol. The number of nitrogens with zero attached hydrogens (tertiary/aromatic N) is 1. The molecule has 1 saturated heterocycles. The Balaban J connectivity index is 2.75. The molecule has 5 heteroatoms. The Bertz CT molecular complexity index is 216. The zero-order valence-corrected chi connectivity index (χ0v) is 6.33. The van der Waals surface area contributed by atoms with Gasteiger partial charge in [-0.1, -0.05) is 0 Å². The highest BCUT2D eigenvalue weighted by Crippen LogP contribution is 2.28. The maximum absolute atomic E-state index is 10.8. The van der Waals surface area contributed by atoms with Crippen LogP contribution < -0.4 is 11.5 Å². The van der Waals surface area contributed by atoms with Crippen LogP contribution >= 0.6 is 0 Å². The van der Waals surface area contributed by atoms with Crippen LogP contribution in [0.5, 0.6) is 0 Å². The monoisotopic (exact) mass is 157 g/mol. The normalized spacial score (nSPS) is 29.4. The Morgan fingerprint density at radius 3 is 2.09 bits per heavy atom. The summed E-state index contributed by atoms with van der Waals surface area (Å²) in [7, 11) is 0. The fraction of sp³-hybridized carbons (Fsp3) is 0.667. The third kappa shape index (κ3) is 0.923. The molecule has 11 heavy (non-hydrogen) atoms. The van der Waals surface area contributed by atoms with E-state index < -0.39 is 17.5 Å². The van der Waals surface area contributed by atoms with Gasteiger partial charge in [-0.3, -0.25) is 4.79 Å². The summed E-state index contributed by atoms with van der Waals surface area (Å²) in [5.74, 6) is -0.498. The standard InChI is InChI=1S/C6H11N3O2/c1-6(4(7)10)2-3-9(6)5(8)11/h2-3H2,1H3,(H2,7,10)(H2,8,11). The van der Waals surface area contributed by atoms with Gasteiger partial charge in [-0.25, -0.2) is 4.79 Å². The second kappa shape index (κ2) is 2.11. The minimum absolute atomic E-state index is 0.498. The predicted molar refractivity (Wildman–Crippen MR) is 38.5 cm³/mol. The molecule has 1 atom stereocenters. The first-order chi connectivity index (χ1) is 4.98. The summed E-state index contributed by atoms with van der Waals surface area (Å²) in [6.07, 6.45) is 0.602. The Kier molecular flexibility index (Phi) is 1.51. The van der Waals surface area contributed by atoms with Crippen molar-refractivity contribution >= 4 is 11.9 Å². The third-order valence-corrected chi connectivity index (χ3v) is 2.21. The van der Waals surface area contributed by atoms with E-state index in [1.54, 1.807) is 6.92 Å². The Hall–Kier alpha value is -1.26. The molecule has 0 bridgehead atoms. The molecule has 0 aromatic heterocycles. The van der Waals surface area contributed by atoms with Crippen molar-refractivity contribution < 1.29 is 9.59 Å². The average molecular weight is 157 g/mol. The second-order valence-corrected chi connectivity index (χ2v) is 2.88. The van der Waals surface area contributed by atoms with Crippen LogP contribution in [0.3, 0.4) is 0 Å². The smallest absolute Gasteiger partial charge is 0.315 e. The molecule has 5 nitrogen and oxygen atoms in total. The van der Waals surface area contributed by atoms with Gasteiger partial charge in [-0.05, 0) is 13.3 Å². The van der Waals surface area contributed by atoms with Crippen molar-refractivity contribution in [3.63, 3.8) is 0 Å². The van der Waals surface area contributed by atoms with Crippen molar-refractivity contribution in [2.75, 3.05) is 6.54 Å². The van der Waals surface area contributed by atoms with E-state index in [2.05, 4.69) is 0 Å². The van der Waals surface area contributed by atoms with Crippen molar-refractivity contribution in [3.05, 3.63) is 0 Å². The van der Waals surface area contributed by atoms with Crippen molar-refractivity contribution in [2.45, 2.75) is 18.9 Å². The first-order valence-corrected chi connectivity index (χ1v) is 3.35. The van der Waals surface area contributed by atoms with Crippen molar-refractivity contribution in [2.24, 2.45) is 11.5 Å². The molecule has 0 aromatic rings. The van der Waals surface area contributed by atoms with Gasteiger partial charge in [-0.2, -0.15) is 0 Å². The molecule has 0 aliphatic carbocycles. The lowest BCUT2D eigenvalue weighted by Gasteiger charge is -2.46. The van der Waals surface area contributed by atoms with E-state index >= 15 is 0 Å². The maximum Gasteiger partial charge on any atom is 0.315 e. The van der Waals surface area contributed by atoms with Gasteiger partial charge < -0.3 is 16.4 Å². The predicted octanol–water partition coefficient (Wildman–Crippen LogP) is -0.985. The molecule has 0 radical (unpaired) electrons. The molecule has 1 aliphatic heterocycles. The van der Waals surface area contributed by atoms with Crippen LogP contribution in [-0.4, -0.2) is 28.9 Å². The highest BCUT2D eigenvalue weighted by atomic mass is 16.2. The lowest BCUT2D eigenvalue weighted by molar-refractivity contribution is -0.133. The molecule has 4 N–H and O–H groups in total. The number of primary amides is 2. The minimum atomic E-state index is -0.841. The molecule has 1 heterocycles. The Morgan fingerprint density at radius 1 is 1.45 bits per heavy atom. The first kappa shape index (κ1) is 7.84. The van der Waals surface area contributed by atoms with E-state index in [0.717, 1.165) is 0 Å². The highest BCUT2D eigenvalue weighted by molar-refractivity contribution is 5.90. The van der Waals surface area contributed by atoms with Gasteiger partial charge >= 0.3 is 6.03 Å². The number of carbonyl (C=O) groups is 2. The zero-order chi connectivity index (χ0) is 8.65. The summed E-state index contributed by atoms with van der Waals surface area (Å²) in [5.41, 5.74) is 9.22. The molecule has 0 spiro atoms. The fourth-order valence-corrected chi connectivity index (χ4v) is 1.17. The molecule has 1 rings (SSSR count). The van der Waals surface area contributed by atoms with Gasteiger partial charge in [0.15, 0.2) is 0 Å². The summed E-state index contributed by atoms with van der Waals surface area (Å²) in [6.45, 7) is 2.14. The lowest BCUT2D eigenvalue weighted by Crippen LogP contribution is -2.67. The van der Waals surface area contributed by atoms with Gasteiger partial charge in [-0.15, -0.1) is 0 Å². The molecule has 0 saturated carbocycles. The number of likely N-dealkylation sites (tertiary alicyclic amines) is 1. The Labute approximate surface area is 64.3 Å². The third-order valence-electron chi connectivity index (χ3n) is 2.21. The van der Waals surface area contributed by atoms with Gasteiger partial charge in [0.1, 0.15) is 5.54 Å². The zero-order valence-electron chi connectivity index (χ0n) is 6.33. The topological polar surface area (TPSA) is 89.4 Å². The lowest BCUT2D eigenvalue weighted by atomic mass is 9.86. The summed E-state index contributed by atoms with van der Waals surface area (Å²) < 4.78 is 0. The quantitative estimate of drug-likeness (QED) is 0.512. The average Bonchev–Trinajstić information content (AvgIpc) is 1.82. The van der Waals surface area contributed by atoms with Crippen LogP contribution in [0.2, 0.25) is 0 Å². The van der Waals surface area contributed by atoms with E-state index in [1.807, 2.05) is 0 Å². The summed E-state index contributed by atoms with van der Waals surface area (Å²) >= 11 is 0. The van der Waals surface area contributed by atoms with Gasteiger partial charge in [0.2, 0.25) is 5.91 Å². The summed E-state index contributed by atoms with van der Waals surface area (Å²) in [4.78, 5) is 22.7. The number of nitrogens with two attached hydrogens (primary N) is 2. The largest absolute Gasteiger partial charge is 0.368 e. The maximum atomic E-state index is 10.8. The van der Waals surface area contributed by atoms with Crippen LogP contribution in [0.15, 0.2) is 0 Å². The van der Waals surface area contributed by atoms with E-state index in [9.17, 15) is 9.59 Å². The highest BCUT2D eigenvalue weighted by Gasteiger charge is 2.47. The van der Waals surface area contributed by atoms with Crippen LogP contribution in [0.25, 0.3) is 0 Å². The number of hydrogen-bond donors (Lipinski definition) is 2. The van der Waals surface area contributed by atoms with Crippen LogP contribution in [0.1, 0.15) is 13.3 Å². The van der Waals surface area contributed by atoms with Gasteiger partial charge in [0, 0.05) is 6.54 Å². The molecule has 3 amide bonds. The van der Waals surface area contributed by atoms with E-state index in [-0.39, 0.29) is 0 Å². The van der Waals surface area contributed by atoms with Crippen molar-refractivity contribution in [3.8, 4) is 0 Å². The molecular formula is C6H11N3O2. The fourth-order valence-electron chi connectivity index (χ4n) is 1.17. The molecule has 62 valence electrons. The van der Waals surface area contributed by atoms with Crippen molar-refractivity contribution in [1.82, 2.24) is 4.90 Å². The molecule has 1 unspecified atom stereocenters.